The molecule has 0 bridgehead atoms. The summed E-state index contributed by atoms with van der Waals surface area (Å²) in [5.74, 6) is 0.931. The maximum atomic E-state index is 12.5. The van der Waals surface area contributed by atoms with E-state index in [9.17, 15) is 4.79 Å². The van der Waals surface area contributed by atoms with Gasteiger partial charge in [-0.05, 0) is 45.2 Å². The van der Waals surface area contributed by atoms with E-state index in [1.807, 2.05) is 11.0 Å². The van der Waals surface area contributed by atoms with Crippen molar-refractivity contribution in [3.8, 4) is 0 Å². The molecule has 0 aromatic heterocycles. The van der Waals surface area contributed by atoms with E-state index >= 15 is 0 Å². The Kier molecular flexibility index (Phi) is 5.23. The number of carbonyl (C=O) groups is 1. The number of urea groups is 1. The van der Waals surface area contributed by atoms with Gasteiger partial charge in [-0.1, -0.05) is 25.1 Å². The van der Waals surface area contributed by atoms with Crippen molar-refractivity contribution < 1.29 is 4.79 Å². The summed E-state index contributed by atoms with van der Waals surface area (Å²) < 4.78 is 0. The summed E-state index contributed by atoms with van der Waals surface area (Å²) in [6.07, 6.45) is 1.79. The van der Waals surface area contributed by atoms with E-state index in [0.717, 1.165) is 37.5 Å². The molecule has 0 saturated carbocycles. The second-order valence-corrected chi connectivity index (χ2v) is 8.25. The number of likely N-dealkylation sites (tertiary alicyclic amines) is 1. The highest BCUT2D eigenvalue weighted by Crippen LogP contribution is 2.30. The van der Waals surface area contributed by atoms with Crippen LogP contribution in [0.1, 0.15) is 46.1 Å². The number of benzene rings is 1. The van der Waals surface area contributed by atoms with E-state index in [0.29, 0.717) is 13.1 Å². The zero-order chi connectivity index (χ0) is 18.8. The van der Waals surface area contributed by atoms with Crippen LogP contribution in [0.25, 0.3) is 0 Å². The minimum atomic E-state index is -0.337. The van der Waals surface area contributed by atoms with Crippen LogP contribution < -0.4 is 16.0 Å². The zero-order valence-electron chi connectivity index (χ0n) is 16.4. The first-order valence-corrected chi connectivity index (χ1v) is 9.56. The fourth-order valence-corrected chi connectivity index (χ4v) is 3.53. The third-order valence-corrected chi connectivity index (χ3v) is 4.87. The summed E-state index contributed by atoms with van der Waals surface area (Å²) in [6.45, 7) is 11.2. The van der Waals surface area contributed by atoms with Crippen LogP contribution in [0.3, 0.4) is 0 Å². The highest BCUT2D eigenvalue weighted by molar-refractivity contribution is 6.04. The van der Waals surface area contributed by atoms with Crippen LogP contribution in [-0.4, -0.2) is 47.5 Å². The lowest BCUT2D eigenvalue weighted by Gasteiger charge is -2.32. The normalized spacial score (nSPS) is 24.3. The molecule has 2 aliphatic rings. The van der Waals surface area contributed by atoms with Gasteiger partial charge in [-0.25, -0.2) is 4.79 Å². The summed E-state index contributed by atoms with van der Waals surface area (Å²) in [5.41, 5.74) is 1.78. The van der Waals surface area contributed by atoms with Gasteiger partial charge in [0.1, 0.15) is 5.84 Å². The number of fused-ring (bicyclic) bond motifs is 1. The van der Waals surface area contributed by atoms with Gasteiger partial charge < -0.3 is 15.5 Å². The van der Waals surface area contributed by atoms with Gasteiger partial charge in [0, 0.05) is 31.9 Å². The average Bonchev–Trinajstić information content (AvgIpc) is 2.96. The third kappa shape index (κ3) is 4.01. The summed E-state index contributed by atoms with van der Waals surface area (Å²) in [4.78, 5) is 19.4. The lowest BCUT2D eigenvalue weighted by Crippen LogP contribution is -2.56. The van der Waals surface area contributed by atoms with Gasteiger partial charge >= 0.3 is 6.03 Å². The molecule has 2 heterocycles. The number of anilines is 1. The molecule has 3 N–H and O–H groups in total. The first-order valence-electron chi connectivity index (χ1n) is 9.56. The molecule has 1 saturated heterocycles. The number of aliphatic imine (C=N–C) groups is 1. The van der Waals surface area contributed by atoms with Crippen LogP contribution in [0.4, 0.5) is 10.5 Å². The standard InChI is InChI=1S/C20H31N5O/c1-5-11-21-18(26)25-12-10-20(14-25)17(24-19(2,3)4)23-16-9-7-6-8-15(16)13-22-20/h6-9,22H,5,10-14H2,1-4H3,(H,21,26)(H,23,24)/t20-/m1/s1. The second kappa shape index (κ2) is 7.27. The fourth-order valence-electron chi connectivity index (χ4n) is 3.53. The fraction of sp³-hybridized carbons (Fsp3) is 0.600. The van der Waals surface area contributed by atoms with Crippen molar-refractivity contribution in [3.05, 3.63) is 29.8 Å². The van der Waals surface area contributed by atoms with Crippen molar-refractivity contribution in [2.75, 3.05) is 25.0 Å². The molecule has 1 spiro atoms. The lowest BCUT2D eigenvalue weighted by molar-refractivity contribution is 0.206. The molecule has 0 unspecified atom stereocenters. The van der Waals surface area contributed by atoms with E-state index in [4.69, 9.17) is 4.99 Å². The van der Waals surface area contributed by atoms with Crippen molar-refractivity contribution in [2.45, 2.75) is 58.2 Å². The van der Waals surface area contributed by atoms with E-state index in [2.05, 4.69) is 61.8 Å². The van der Waals surface area contributed by atoms with Gasteiger partial charge in [-0.3, -0.25) is 10.3 Å². The predicted octanol–water partition coefficient (Wildman–Crippen LogP) is 2.96. The van der Waals surface area contributed by atoms with Gasteiger partial charge in [0.2, 0.25) is 0 Å². The Balaban J connectivity index is 1.89. The molecule has 3 rings (SSSR count). The number of para-hydroxylation sites is 1. The summed E-state index contributed by atoms with van der Waals surface area (Å²) in [5, 5.41) is 10.3. The molecule has 6 nitrogen and oxygen atoms in total. The summed E-state index contributed by atoms with van der Waals surface area (Å²) >= 11 is 0. The maximum Gasteiger partial charge on any atom is 0.317 e. The molecule has 0 radical (unpaired) electrons. The highest BCUT2D eigenvalue weighted by atomic mass is 16.2. The first kappa shape index (κ1) is 18.7. The van der Waals surface area contributed by atoms with Crippen LogP contribution in [-0.2, 0) is 6.54 Å². The van der Waals surface area contributed by atoms with Gasteiger partial charge in [-0.2, -0.15) is 0 Å². The predicted molar refractivity (Wildman–Crippen MR) is 107 cm³/mol. The van der Waals surface area contributed by atoms with Crippen molar-refractivity contribution in [1.82, 2.24) is 15.5 Å². The number of nitrogens with one attached hydrogen (secondary N) is 3. The Bertz CT molecular complexity index is 694. The molecule has 0 aliphatic carbocycles. The molecular formula is C20H31N5O. The average molecular weight is 358 g/mol. The number of amides is 2. The minimum absolute atomic E-state index is 0.0161. The van der Waals surface area contributed by atoms with Gasteiger partial charge in [-0.15, -0.1) is 0 Å². The molecule has 2 amide bonds. The van der Waals surface area contributed by atoms with Gasteiger partial charge in [0.15, 0.2) is 0 Å². The number of nitrogens with zero attached hydrogens (tertiary/aromatic N) is 2. The molecule has 142 valence electrons. The smallest absolute Gasteiger partial charge is 0.317 e. The highest BCUT2D eigenvalue weighted by Gasteiger charge is 2.45. The topological polar surface area (TPSA) is 68.8 Å². The van der Waals surface area contributed by atoms with Crippen LogP contribution in [0.2, 0.25) is 0 Å². The van der Waals surface area contributed by atoms with Gasteiger partial charge in [0.25, 0.3) is 0 Å². The Hall–Kier alpha value is -2.08. The molecule has 2 aliphatic heterocycles. The molecule has 1 fully saturated rings. The number of hydrogen-bond donors (Lipinski definition) is 3. The Morgan fingerprint density at radius 2 is 2.12 bits per heavy atom. The van der Waals surface area contributed by atoms with Crippen molar-refractivity contribution in [3.63, 3.8) is 0 Å². The van der Waals surface area contributed by atoms with Crippen molar-refractivity contribution >= 4 is 17.6 Å². The Morgan fingerprint density at radius 1 is 1.35 bits per heavy atom. The summed E-state index contributed by atoms with van der Waals surface area (Å²) in [7, 11) is 0. The van der Waals surface area contributed by atoms with Crippen LogP contribution in [0.5, 0.6) is 0 Å². The summed E-state index contributed by atoms with van der Waals surface area (Å²) in [6, 6.07) is 8.33. The van der Waals surface area contributed by atoms with Crippen LogP contribution in [0.15, 0.2) is 29.3 Å². The molecule has 1 aromatic carbocycles. The molecule has 26 heavy (non-hydrogen) atoms. The van der Waals surface area contributed by atoms with Crippen molar-refractivity contribution in [1.29, 1.82) is 0 Å². The van der Waals surface area contributed by atoms with E-state index in [1.54, 1.807) is 0 Å². The quantitative estimate of drug-likeness (QED) is 0.762. The number of carbonyl (C=O) groups excluding carboxylic acids is 1. The van der Waals surface area contributed by atoms with Gasteiger partial charge in [0.05, 0.1) is 11.1 Å². The van der Waals surface area contributed by atoms with E-state index < -0.39 is 0 Å². The van der Waals surface area contributed by atoms with E-state index in [-0.39, 0.29) is 17.1 Å². The SMILES string of the molecule is CCCNC(=O)N1CC[C@]2(C1)NCc1ccccc1NC2=NC(C)(C)C. The number of rotatable bonds is 2. The molecule has 6 heteroatoms. The maximum absolute atomic E-state index is 12.5. The molecule has 1 atom stereocenters. The minimum Gasteiger partial charge on any atom is -0.342 e. The number of amidine groups is 1. The van der Waals surface area contributed by atoms with Crippen LogP contribution in [0, 0.1) is 0 Å². The first-order chi connectivity index (χ1) is 12.3. The third-order valence-electron chi connectivity index (χ3n) is 4.87. The van der Waals surface area contributed by atoms with Crippen LogP contribution >= 0.6 is 0 Å². The van der Waals surface area contributed by atoms with Crippen molar-refractivity contribution in [2.24, 2.45) is 4.99 Å². The molecule has 1 aromatic rings. The molecular weight excluding hydrogens is 326 g/mol. The van der Waals surface area contributed by atoms with E-state index in [1.165, 1.54) is 5.56 Å². The number of hydrogen-bond acceptors (Lipinski definition) is 3. The Labute approximate surface area is 156 Å². The largest absolute Gasteiger partial charge is 0.342 e. The second-order valence-electron chi connectivity index (χ2n) is 8.25. The lowest BCUT2D eigenvalue weighted by atomic mass is 9.95. The Morgan fingerprint density at radius 3 is 2.85 bits per heavy atom. The zero-order valence-corrected chi connectivity index (χ0v) is 16.4. The monoisotopic (exact) mass is 357 g/mol.